The van der Waals surface area contributed by atoms with Crippen LogP contribution in [0.15, 0.2) is 35.3 Å². The van der Waals surface area contributed by atoms with Crippen molar-refractivity contribution < 1.29 is 4.74 Å². The summed E-state index contributed by atoms with van der Waals surface area (Å²) in [4.78, 5) is 13.8. The van der Waals surface area contributed by atoms with Gasteiger partial charge in [-0.15, -0.1) is 0 Å². The summed E-state index contributed by atoms with van der Waals surface area (Å²) in [6.07, 6.45) is 3.57. The van der Waals surface area contributed by atoms with Crippen molar-refractivity contribution in [2.24, 2.45) is 10.4 Å². The predicted octanol–water partition coefficient (Wildman–Crippen LogP) is 2.88. The third kappa shape index (κ3) is 3.78. The van der Waals surface area contributed by atoms with Crippen molar-refractivity contribution in [3.8, 4) is 0 Å². The fourth-order valence-electron chi connectivity index (χ4n) is 4.44. The molecule has 2 saturated heterocycles. The number of rotatable bonds is 3. The molecule has 150 valence electrons. The van der Waals surface area contributed by atoms with Crippen LogP contribution in [0.1, 0.15) is 24.8 Å². The molecule has 3 heterocycles. The van der Waals surface area contributed by atoms with Crippen LogP contribution in [0.5, 0.6) is 0 Å². The SMILES string of the molecule is CN=C(NCc1cc(N(C)C)nc2ccccc12)N1CCC2(CCOCC2)C1. The molecule has 0 atom stereocenters. The van der Waals surface area contributed by atoms with Gasteiger partial charge in [0.1, 0.15) is 5.82 Å². The van der Waals surface area contributed by atoms with Crippen LogP contribution in [0.3, 0.4) is 0 Å². The summed E-state index contributed by atoms with van der Waals surface area (Å²) in [5, 5.41) is 4.80. The molecule has 2 aliphatic rings. The van der Waals surface area contributed by atoms with E-state index < -0.39 is 0 Å². The number of fused-ring (bicyclic) bond motifs is 1. The average Bonchev–Trinajstić information content (AvgIpc) is 3.11. The molecule has 2 fully saturated rings. The average molecular weight is 382 g/mol. The monoisotopic (exact) mass is 381 g/mol. The number of aliphatic imine (C=N–C) groups is 1. The summed E-state index contributed by atoms with van der Waals surface area (Å²) >= 11 is 0. The van der Waals surface area contributed by atoms with E-state index in [-0.39, 0.29) is 0 Å². The van der Waals surface area contributed by atoms with Gasteiger partial charge >= 0.3 is 0 Å². The maximum absolute atomic E-state index is 5.58. The van der Waals surface area contributed by atoms with E-state index in [1.165, 1.54) is 30.2 Å². The molecular formula is C22H31N5O. The van der Waals surface area contributed by atoms with E-state index in [1.54, 1.807) is 0 Å². The zero-order valence-electron chi connectivity index (χ0n) is 17.2. The van der Waals surface area contributed by atoms with Gasteiger partial charge in [-0.05, 0) is 42.4 Å². The number of benzene rings is 1. The lowest BCUT2D eigenvalue weighted by atomic mass is 9.80. The third-order valence-electron chi connectivity index (χ3n) is 6.19. The van der Waals surface area contributed by atoms with Crippen molar-refractivity contribution in [1.29, 1.82) is 0 Å². The maximum atomic E-state index is 5.58. The van der Waals surface area contributed by atoms with Crippen molar-refractivity contribution in [1.82, 2.24) is 15.2 Å². The Kier molecular flexibility index (Phi) is 5.40. The first-order valence-electron chi connectivity index (χ1n) is 10.2. The number of likely N-dealkylation sites (tertiary alicyclic amines) is 1. The van der Waals surface area contributed by atoms with Gasteiger partial charge in [-0.25, -0.2) is 4.98 Å². The Labute approximate surface area is 167 Å². The molecule has 6 heteroatoms. The normalized spacial score (nSPS) is 19.4. The minimum Gasteiger partial charge on any atom is -0.381 e. The minimum absolute atomic E-state index is 0.414. The van der Waals surface area contributed by atoms with Gasteiger partial charge in [-0.3, -0.25) is 4.99 Å². The molecular weight excluding hydrogens is 350 g/mol. The Morgan fingerprint density at radius 3 is 2.79 bits per heavy atom. The smallest absolute Gasteiger partial charge is 0.193 e. The lowest BCUT2D eigenvalue weighted by molar-refractivity contribution is 0.0217. The summed E-state index contributed by atoms with van der Waals surface area (Å²) < 4.78 is 5.58. The van der Waals surface area contributed by atoms with E-state index >= 15 is 0 Å². The van der Waals surface area contributed by atoms with E-state index in [1.807, 2.05) is 27.2 Å². The molecule has 1 aromatic carbocycles. The third-order valence-corrected chi connectivity index (χ3v) is 6.19. The Morgan fingerprint density at radius 1 is 1.25 bits per heavy atom. The molecule has 4 rings (SSSR count). The van der Waals surface area contributed by atoms with Gasteiger partial charge in [-0.1, -0.05) is 18.2 Å². The van der Waals surface area contributed by atoms with Gasteiger partial charge in [-0.2, -0.15) is 0 Å². The standard InChI is InChI=1S/C22H31N5O/c1-23-21(27-11-8-22(16-27)9-12-28-13-10-22)24-15-17-14-20(26(2)3)25-19-7-5-4-6-18(17)19/h4-7,14H,8-13,15-16H2,1-3H3,(H,23,24). The Bertz CT molecular complexity index is 857. The van der Waals surface area contributed by atoms with E-state index in [9.17, 15) is 0 Å². The number of aromatic nitrogens is 1. The highest BCUT2D eigenvalue weighted by Crippen LogP contribution is 2.39. The zero-order chi connectivity index (χ0) is 19.6. The van der Waals surface area contributed by atoms with Crippen LogP contribution in [0.25, 0.3) is 10.9 Å². The molecule has 2 aliphatic heterocycles. The number of nitrogens with zero attached hydrogens (tertiary/aromatic N) is 4. The van der Waals surface area contributed by atoms with Crippen LogP contribution >= 0.6 is 0 Å². The van der Waals surface area contributed by atoms with Crippen LogP contribution in [-0.2, 0) is 11.3 Å². The largest absolute Gasteiger partial charge is 0.381 e. The topological polar surface area (TPSA) is 53.0 Å². The number of para-hydroxylation sites is 1. The molecule has 28 heavy (non-hydrogen) atoms. The quantitative estimate of drug-likeness (QED) is 0.654. The van der Waals surface area contributed by atoms with Crippen LogP contribution in [0, 0.1) is 5.41 Å². The molecule has 0 unspecified atom stereocenters. The Hall–Kier alpha value is -2.34. The lowest BCUT2D eigenvalue weighted by Gasteiger charge is -2.33. The van der Waals surface area contributed by atoms with Crippen molar-refractivity contribution in [2.75, 3.05) is 52.3 Å². The summed E-state index contributed by atoms with van der Waals surface area (Å²) in [6.45, 7) is 4.69. The van der Waals surface area contributed by atoms with Crippen LogP contribution in [0.4, 0.5) is 5.82 Å². The Balaban J connectivity index is 1.50. The summed E-state index contributed by atoms with van der Waals surface area (Å²) in [6, 6.07) is 10.5. The molecule has 0 amide bonds. The van der Waals surface area contributed by atoms with E-state index in [4.69, 9.17) is 9.72 Å². The van der Waals surface area contributed by atoms with Gasteiger partial charge in [0.25, 0.3) is 0 Å². The van der Waals surface area contributed by atoms with Gasteiger partial charge < -0.3 is 19.9 Å². The van der Waals surface area contributed by atoms with E-state index in [0.29, 0.717) is 5.41 Å². The first-order chi connectivity index (χ1) is 13.6. The summed E-state index contributed by atoms with van der Waals surface area (Å²) in [5.41, 5.74) is 2.69. The van der Waals surface area contributed by atoms with E-state index in [0.717, 1.165) is 50.1 Å². The maximum Gasteiger partial charge on any atom is 0.193 e. The molecule has 0 aliphatic carbocycles. The van der Waals surface area contributed by atoms with Crippen molar-refractivity contribution in [2.45, 2.75) is 25.8 Å². The second-order valence-corrected chi connectivity index (χ2v) is 8.24. The molecule has 0 saturated carbocycles. The second-order valence-electron chi connectivity index (χ2n) is 8.24. The number of hydrogen-bond acceptors (Lipinski definition) is 4. The molecule has 2 aromatic rings. The van der Waals surface area contributed by atoms with E-state index in [2.05, 4.69) is 44.4 Å². The number of hydrogen-bond donors (Lipinski definition) is 1. The fourth-order valence-corrected chi connectivity index (χ4v) is 4.44. The van der Waals surface area contributed by atoms with Crippen molar-refractivity contribution >= 4 is 22.7 Å². The highest BCUT2D eigenvalue weighted by molar-refractivity contribution is 5.85. The van der Waals surface area contributed by atoms with Crippen molar-refractivity contribution in [3.05, 3.63) is 35.9 Å². The summed E-state index contributed by atoms with van der Waals surface area (Å²) in [7, 11) is 5.95. The number of nitrogens with one attached hydrogen (secondary N) is 1. The lowest BCUT2D eigenvalue weighted by Crippen LogP contribution is -2.42. The minimum atomic E-state index is 0.414. The molecule has 1 N–H and O–H groups in total. The first-order valence-corrected chi connectivity index (χ1v) is 10.2. The zero-order valence-corrected chi connectivity index (χ0v) is 17.2. The van der Waals surface area contributed by atoms with Gasteiger partial charge in [0.05, 0.1) is 5.52 Å². The number of guanidine groups is 1. The van der Waals surface area contributed by atoms with Crippen LogP contribution in [-0.4, -0.2) is 63.3 Å². The van der Waals surface area contributed by atoms with Gasteiger partial charge in [0, 0.05) is 59.4 Å². The van der Waals surface area contributed by atoms with Crippen LogP contribution < -0.4 is 10.2 Å². The van der Waals surface area contributed by atoms with Crippen LogP contribution in [0.2, 0.25) is 0 Å². The summed E-state index contributed by atoms with van der Waals surface area (Å²) in [5.74, 6) is 1.98. The highest BCUT2D eigenvalue weighted by atomic mass is 16.5. The van der Waals surface area contributed by atoms with Gasteiger partial charge in [0.15, 0.2) is 5.96 Å². The second kappa shape index (κ2) is 7.95. The number of ether oxygens (including phenoxy) is 1. The predicted molar refractivity (Wildman–Crippen MR) is 115 cm³/mol. The van der Waals surface area contributed by atoms with Crippen molar-refractivity contribution in [3.63, 3.8) is 0 Å². The number of pyridine rings is 1. The molecule has 1 aromatic heterocycles. The fraction of sp³-hybridized carbons (Fsp3) is 0.545. The van der Waals surface area contributed by atoms with Gasteiger partial charge in [0.2, 0.25) is 0 Å². The highest BCUT2D eigenvalue weighted by Gasteiger charge is 2.40. The first kappa shape index (κ1) is 19.0. The molecule has 0 bridgehead atoms. The Morgan fingerprint density at radius 2 is 2.04 bits per heavy atom. The number of anilines is 1. The molecule has 1 spiro atoms. The molecule has 0 radical (unpaired) electrons. The molecule has 6 nitrogen and oxygen atoms in total.